The Kier molecular flexibility index (Phi) is 9.22. The van der Waals surface area contributed by atoms with E-state index in [2.05, 4.69) is 39.9 Å². The van der Waals surface area contributed by atoms with Crippen LogP contribution in [-0.2, 0) is 11.3 Å². The lowest BCUT2D eigenvalue weighted by molar-refractivity contribution is 0.211. The summed E-state index contributed by atoms with van der Waals surface area (Å²) >= 11 is 0. The van der Waals surface area contributed by atoms with Crippen LogP contribution in [0.3, 0.4) is 0 Å². The lowest BCUT2D eigenvalue weighted by atomic mass is 9.85. The van der Waals surface area contributed by atoms with E-state index < -0.39 is 0 Å². The number of hydrogen-bond acceptors (Lipinski definition) is 3. The van der Waals surface area contributed by atoms with Crippen molar-refractivity contribution in [3.63, 3.8) is 0 Å². The van der Waals surface area contributed by atoms with Crippen LogP contribution in [0.5, 0.6) is 0 Å². The quantitative estimate of drug-likeness (QED) is 0.263. The van der Waals surface area contributed by atoms with E-state index in [0.717, 1.165) is 30.3 Å². The largest absolute Gasteiger partial charge is 0.383 e. The van der Waals surface area contributed by atoms with E-state index in [0.29, 0.717) is 19.1 Å². The van der Waals surface area contributed by atoms with Gasteiger partial charge >= 0.3 is 0 Å². The van der Waals surface area contributed by atoms with E-state index in [1.807, 2.05) is 0 Å². The molecule has 1 aliphatic rings. The van der Waals surface area contributed by atoms with Gasteiger partial charge in [0.25, 0.3) is 0 Å². The Morgan fingerprint density at radius 1 is 1.32 bits per heavy atom. The third-order valence-corrected chi connectivity index (χ3v) is 3.82. The fourth-order valence-electron chi connectivity index (χ4n) is 2.20. The van der Waals surface area contributed by atoms with Crippen LogP contribution < -0.4 is 16.4 Å². The summed E-state index contributed by atoms with van der Waals surface area (Å²) in [5.41, 5.74) is 8.12. The van der Waals surface area contributed by atoms with Crippen LogP contribution in [0.4, 0.5) is 5.69 Å². The molecular weight excluding hydrogens is 391 g/mol. The summed E-state index contributed by atoms with van der Waals surface area (Å²) in [5, 5.41) is 6.49. The summed E-state index contributed by atoms with van der Waals surface area (Å²) in [4.78, 5) is 4.37. The Morgan fingerprint density at radius 2 is 2.05 bits per heavy atom. The van der Waals surface area contributed by atoms with Crippen LogP contribution in [0.25, 0.3) is 0 Å². The summed E-state index contributed by atoms with van der Waals surface area (Å²) in [7, 11) is 1.70. The number of aliphatic imine (C=N–C) groups is 1. The van der Waals surface area contributed by atoms with Gasteiger partial charge in [-0.1, -0.05) is 18.6 Å². The van der Waals surface area contributed by atoms with E-state index in [4.69, 9.17) is 10.5 Å². The third-order valence-electron chi connectivity index (χ3n) is 3.82. The molecule has 5 nitrogen and oxygen atoms in total. The van der Waals surface area contributed by atoms with Gasteiger partial charge in [-0.2, -0.15) is 0 Å². The molecule has 0 unspecified atom stereocenters. The molecule has 0 radical (unpaired) electrons. The van der Waals surface area contributed by atoms with Crippen molar-refractivity contribution in [3.05, 3.63) is 29.8 Å². The molecule has 0 saturated heterocycles. The molecule has 6 heteroatoms. The fraction of sp³-hybridized carbons (Fsp3) is 0.562. The van der Waals surface area contributed by atoms with Gasteiger partial charge < -0.3 is 21.1 Å². The molecule has 1 aromatic rings. The highest BCUT2D eigenvalue weighted by Crippen LogP contribution is 2.24. The molecule has 124 valence electrons. The van der Waals surface area contributed by atoms with Crippen LogP contribution in [0.15, 0.2) is 29.3 Å². The van der Waals surface area contributed by atoms with Crippen molar-refractivity contribution in [1.29, 1.82) is 0 Å². The summed E-state index contributed by atoms with van der Waals surface area (Å²) in [6, 6.07) is 8.24. The summed E-state index contributed by atoms with van der Waals surface area (Å²) in [6.45, 7) is 3.08. The van der Waals surface area contributed by atoms with Gasteiger partial charge in [-0.05, 0) is 36.5 Å². The molecule has 0 aromatic heterocycles. The second-order valence-electron chi connectivity index (χ2n) is 5.50. The number of nitrogens with two attached hydrogens (primary N) is 1. The second-order valence-corrected chi connectivity index (χ2v) is 5.50. The number of nitrogens with zero attached hydrogens (tertiary/aromatic N) is 1. The molecule has 1 fully saturated rings. The minimum absolute atomic E-state index is 0. The van der Waals surface area contributed by atoms with Crippen molar-refractivity contribution in [3.8, 4) is 0 Å². The lowest BCUT2D eigenvalue weighted by Gasteiger charge is -2.25. The number of halogens is 1. The highest BCUT2D eigenvalue weighted by Gasteiger charge is 2.16. The Labute approximate surface area is 150 Å². The van der Waals surface area contributed by atoms with Gasteiger partial charge in [-0.15, -0.1) is 24.0 Å². The van der Waals surface area contributed by atoms with Crippen LogP contribution in [0.1, 0.15) is 24.8 Å². The number of anilines is 1. The van der Waals surface area contributed by atoms with Gasteiger partial charge in [0, 0.05) is 25.9 Å². The standard InChI is InChI=1S/C16H26N4O.HI/c1-21-10-9-18-15-7-5-14(6-8-15)12-20-16(17)19-11-13-3-2-4-13;/h5-8,13,18H,2-4,9-12H2,1H3,(H3,17,19,20);1H. The summed E-state index contributed by atoms with van der Waals surface area (Å²) < 4.78 is 5.00. The maximum atomic E-state index is 5.87. The van der Waals surface area contributed by atoms with Crippen molar-refractivity contribution in [2.75, 3.05) is 32.1 Å². The number of ether oxygens (including phenoxy) is 1. The van der Waals surface area contributed by atoms with Gasteiger partial charge in [0.1, 0.15) is 0 Å². The smallest absolute Gasteiger partial charge is 0.188 e. The van der Waals surface area contributed by atoms with Crippen molar-refractivity contribution >= 4 is 35.6 Å². The molecule has 1 aliphatic carbocycles. The zero-order valence-corrected chi connectivity index (χ0v) is 15.5. The van der Waals surface area contributed by atoms with Gasteiger partial charge in [-0.25, -0.2) is 4.99 Å². The van der Waals surface area contributed by atoms with Crippen molar-refractivity contribution in [2.45, 2.75) is 25.8 Å². The van der Waals surface area contributed by atoms with Crippen molar-refractivity contribution < 1.29 is 4.74 Å². The normalized spacial score (nSPS) is 14.9. The molecule has 4 N–H and O–H groups in total. The Bertz CT molecular complexity index is 446. The van der Waals surface area contributed by atoms with E-state index in [9.17, 15) is 0 Å². The first-order chi connectivity index (χ1) is 10.3. The number of benzene rings is 1. The first kappa shape index (κ1) is 19.0. The number of methoxy groups -OCH3 is 1. The zero-order chi connectivity index (χ0) is 14.9. The van der Waals surface area contributed by atoms with E-state index >= 15 is 0 Å². The average molecular weight is 418 g/mol. The number of nitrogens with one attached hydrogen (secondary N) is 2. The molecule has 0 amide bonds. The van der Waals surface area contributed by atoms with Gasteiger partial charge in [0.2, 0.25) is 0 Å². The first-order valence-electron chi connectivity index (χ1n) is 7.63. The maximum Gasteiger partial charge on any atom is 0.188 e. The minimum atomic E-state index is 0. The minimum Gasteiger partial charge on any atom is -0.383 e. The highest BCUT2D eigenvalue weighted by atomic mass is 127. The molecule has 0 heterocycles. The third kappa shape index (κ3) is 6.83. The number of guanidine groups is 1. The van der Waals surface area contributed by atoms with Crippen LogP contribution in [0, 0.1) is 5.92 Å². The fourth-order valence-corrected chi connectivity index (χ4v) is 2.20. The Balaban J connectivity index is 0.00000242. The molecule has 1 aromatic carbocycles. The topological polar surface area (TPSA) is 71.7 Å². The highest BCUT2D eigenvalue weighted by molar-refractivity contribution is 14.0. The van der Waals surface area contributed by atoms with Crippen LogP contribution >= 0.6 is 24.0 Å². The van der Waals surface area contributed by atoms with Crippen LogP contribution in [0.2, 0.25) is 0 Å². The van der Waals surface area contributed by atoms with Gasteiger partial charge in [-0.3, -0.25) is 0 Å². The molecule has 0 aliphatic heterocycles. The average Bonchev–Trinajstić information content (AvgIpc) is 2.45. The summed E-state index contributed by atoms with van der Waals surface area (Å²) in [5.74, 6) is 1.33. The lowest BCUT2D eigenvalue weighted by Crippen LogP contribution is -2.37. The summed E-state index contributed by atoms with van der Waals surface area (Å²) in [6.07, 6.45) is 3.99. The Morgan fingerprint density at radius 3 is 2.64 bits per heavy atom. The zero-order valence-electron chi connectivity index (χ0n) is 13.2. The molecule has 0 spiro atoms. The molecule has 0 atom stereocenters. The molecule has 0 bridgehead atoms. The van der Waals surface area contributed by atoms with Gasteiger partial charge in [0.05, 0.1) is 13.2 Å². The van der Waals surface area contributed by atoms with E-state index in [1.54, 1.807) is 7.11 Å². The molecular formula is C16H27IN4O. The predicted molar refractivity (Wildman–Crippen MR) is 103 cm³/mol. The monoisotopic (exact) mass is 418 g/mol. The maximum absolute atomic E-state index is 5.87. The first-order valence-corrected chi connectivity index (χ1v) is 7.63. The predicted octanol–water partition coefficient (Wildman–Crippen LogP) is 2.57. The van der Waals surface area contributed by atoms with Crippen molar-refractivity contribution in [1.82, 2.24) is 5.32 Å². The Hall–Kier alpha value is -1.02. The SMILES string of the molecule is COCCNc1ccc(CN=C(N)NCC2CCC2)cc1.I. The van der Waals surface area contributed by atoms with Gasteiger partial charge in [0.15, 0.2) is 5.96 Å². The number of rotatable bonds is 8. The molecule has 1 saturated carbocycles. The second kappa shape index (κ2) is 10.7. The van der Waals surface area contributed by atoms with E-state index in [-0.39, 0.29) is 24.0 Å². The molecule has 2 rings (SSSR count). The van der Waals surface area contributed by atoms with Crippen molar-refractivity contribution in [2.24, 2.45) is 16.6 Å². The number of hydrogen-bond donors (Lipinski definition) is 3. The molecule has 22 heavy (non-hydrogen) atoms. The van der Waals surface area contributed by atoms with E-state index in [1.165, 1.54) is 19.3 Å². The van der Waals surface area contributed by atoms with Crippen LogP contribution in [-0.4, -0.2) is 32.8 Å².